The number of halogens is 1. The average Bonchev–Trinajstić information content (AvgIpc) is 3.10. The van der Waals surface area contributed by atoms with E-state index in [0.29, 0.717) is 33.1 Å². The van der Waals surface area contributed by atoms with Gasteiger partial charge in [0.05, 0.1) is 16.2 Å². The molecule has 1 heterocycles. The van der Waals surface area contributed by atoms with Crippen LogP contribution in [-0.2, 0) is 0 Å². The van der Waals surface area contributed by atoms with Crippen molar-refractivity contribution in [2.45, 2.75) is 0 Å². The predicted octanol–water partition coefficient (Wildman–Crippen LogP) is 5.39. The molecule has 0 saturated carbocycles. The summed E-state index contributed by atoms with van der Waals surface area (Å²) in [6.45, 7) is 0. The number of amides is 1. The first-order valence-corrected chi connectivity index (χ1v) is 8.85. The molecule has 0 aliphatic rings. The molecule has 0 bridgehead atoms. The van der Waals surface area contributed by atoms with Gasteiger partial charge in [-0.15, -0.1) is 0 Å². The van der Waals surface area contributed by atoms with Gasteiger partial charge in [-0.25, -0.2) is 0 Å². The topological polar surface area (TPSA) is 110 Å². The monoisotopic (exact) mass is 408 g/mol. The first kappa shape index (κ1) is 18.5. The fourth-order valence-electron chi connectivity index (χ4n) is 2.73. The van der Waals surface area contributed by atoms with E-state index in [1.165, 1.54) is 12.1 Å². The number of fused-ring (bicyclic) bond motifs is 1. The zero-order valence-corrected chi connectivity index (χ0v) is 15.5. The summed E-state index contributed by atoms with van der Waals surface area (Å²) in [5.74, 6) is -0.423. The fraction of sp³-hybridized carbons (Fsp3) is 0. The van der Waals surface area contributed by atoms with E-state index >= 15 is 0 Å². The summed E-state index contributed by atoms with van der Waals surface area (Å²) in [4.78, 5) is 27.3. The zero-order valence-electron chi connectivity index (χ0n) is 14.8. The van der Waals surface area contributed by atoms with Gasteiger partial charge in [0.2, 0.25) is 0 Å². The smallest absolute Gasteiger partial charge is 0.302 e. The molecular weight excluding hydrogens is 396 g/mol. The van der Waals surface area contributed by atoms with Crippen molar-refractivity contribution in [1.82, 2.24) is 4.98 Å². The summed E-state index contributed by atoms with van der Waals surface area (Å²) in [5, 5.41) is 17.0. The number of rotatable bonds is 5. The fourth-order valence-corrected chi connectivity index (χ4v) is 2.90. The number of para-hydroxylation sites is 1. The molecule has 0 unspecified atom stereocenters. The molecule has 29 heavy (non-hydrogen) atoms. The summed E-state index contributed by atoms with van der Waals surface area (Å²) >= 11 is 5.94. The first-order valence-electron chi connectivity index (χ1n) is 8.47. The van der Waals surface area contributed by atoms with Gasteiger partial charge in [-0.3, -0.25) is 20.2 Å². The summed E-state index contributed by atoms with van der Waals surface area (Å²) < 4.78 is 5.52. The lowest BCUT2D eigenvalue weighted by atomic mass is 10.1. The van der Waals surface area contributed by atoms with Crippen molar-refractivity contribution in [2.75, 3.05) is 10.6 Å². The second-order valence-electron chi connectivity index (χ2n) is 6.06. The van der Waals surface area contributed by atoms with Crippen molar-refractivity contribution < 1.29 is 14.1 Å². The molecule has 4 aromatic rings. The molecule has 8 nitrogen and oxygen atoms in total. The number of aromatic nitrogens is 1. The van der Waals surface area contributed by atoms with Gasteiger partial charge in [-0.1, -0.05) is 23.7 Å². The van der Waals surface area contributed by atoms with E-state index in [-0.39, 0.29) is 11.7 Å². The number of nitrogens with zero attached hydrogens (tertiary/aromatic N) is 2. The van der Waals surface area contributed by atoms with Crippen molar-refractivity contribution in [2.24, 2.45) is 0 Å². The van der Waals surface area contributed by atoms with E-state index in [0.717, 1.165) is 0 Å². The minimum Gasteiger partial charge on any atom is -0.423 e. The molecule has 0 aliphatic heterocycles. The van der Waals surface area contributed by atoms with Crippen LogP contribution in [-0.4, -0.2) is 15.8 Å². The van der Waals surface area contributed by atoms with Crippen LogP contribution < -0.4 is 10.6 Å². The Morgan fingerprint density at radius 1 is 1.07 bits per heavy atom. The zero-order chi connectivity index (χ0) is 20.4. The van der Waals surface area contributed by atoms with Crippen LogP contribution in [0.4, 0.5) is 23.1 Å². The van der Waals surface area contributed by atoms with E-state index in [2.05, 4.69) is 15.6 Å². The summed E-state index contributed by atoms with van der Waals surface area (Å²) in [6, 6.07) is 17.8. The number of non-ortho nitro benzene ring substituents is 1. The quantitative estimate of drug-likeness (QED) is 0.338. The Balaban J connectivity index is 1.56. The minimum absolute atomic E-state index is 0.0161. The maximum Gasteiger partial charge on any atom is 0.302 e. The number of oxazole rings is 1. The number of hydrogen-bond donors (Lipinski definition) is 2. The number of nitro benzene ring substituents is 1. The summed E-state index contributed by atoms with van der Waals surface area (Å²) in [7, 11) is 0. The van der Waals surface area contributed by atoms with Crippen LogP contribution in [0.25, 0.3) is 11.1 Å². The molecule has 9 heteroatoms. The van der Waals surface area contributed by atoms with Gasteiger partial charge in [0, 0.05) is 22.8 Å². The molecule has 4 rings (SSSR count). The van der Waals surface area contributed by atoms with Crippen LogP contribution in [0.1, 0.15) is 10.4 Å². The Morgan fingerprint density at radius 2 is 1.83 bits per heavy atom. The van der Waals surface area contributed by atoms with E-state index in [1.54, 1.807) is 54.6 Å². The maximum absolute atomic E-state index is 12.7. The van der Waals surface area contributed by atoms with E-state index < -0.39 is 10.8 Å². The molecular formula is C20H13ClN4O4. The highest BCUT2D eigenvalue weighted by Crippen LogP contribution is 2.25. The van der Waals surface area contributed by atoms with E-state index in [4.69, 9.17) is 16.0 Å². The van der Waals surface area contributed by atoms with Crippen molar-refractivity contribution in [1.29, 1.82) is 0 Å². The molecule has 0 radical (unpaired) electrons. The number of nitro groups is 1. The minimum atomic E-state index is -0.474. The Labute approximate surface area is 169 Å². The van der Waals surface area contributed by atoms with Crippen molar-refractivity contribution >= 4 is 51.7 Å². The summed E-state index contributed by atoms with van der Waals surface area (Å²) in [5.41, 5.74) is 2.50. The average molecular weight is 409 g/mol. The molecule has 0 spiro atoms. The van der Waals surface area contributed by atoms with Crippen molar-refractivity contribution in [3.05, 3.63) is 87.4 Å². The number of carbonyl (C=O) groups is 1. The van der Waals surface area contributed by atoms with Gasteiger partial charge in [0.25, 0.3) is 11.6 Å². The summed E-state index contributed by atoms with van der Waals surface area (Å²) in [6.07, 6.45) is 0. The lowest BCUT2D eigenvalue weighted by molar-refractivity contribution is -0.384. The van der Waals surface area contributed by atoms with Crippen LogP contribution in [0.3, 0.4) is 0 Å². The van der Waals surface area contributed by atoms with Gasteiger partial charge < -0.3 is 9.73 Å². The lowest BCUT2D eigenvalue weighted by Crippen LogP contribution is -2.14. The van der Waals surface area contributed by atoms with E-state index in [1.807, 2.05) is 0 Å². The van der Waals surface area contributed by atoms with Crippen LogP contribution in [0, 0.1) is 10.1 Å². The second kappa shape index (κ2) is 7.61. The Morgan fingerprint density at radius 3 is 2.59 bits per heavy atom. The van der Waals surface area contributed by atoms with Crippen LogP contribution in [0.5, 0.6) is 0 Å². The second-order valence-corrected chi connectivity index (χ2v) is 6.50. The van der Waals surface area contributed by atoms with Gasteiger partial charge in [0.1, 0.15) is 5.52 Å². The van der Waals surface area contributed by atoms with Gasteiger partial charge in [-0.2, -0.15) is 4.98 Å². The highest BCUT2D eigenvalue weighted by Gasteiger charge is 2.15. The Bertz CT molecular complexity index is 1220. The van der Waals surface area contributed by atoms with Gasteiger partial charge in [0.15, 0.2) is 5.58 Å². The maximum atomic E-state index is 12.7. The molecule has 2 N–H and O–H groups in total. The third kappa shape index (κ3) is 4.02. The van der Waals surface area contributed by atoms with Crippen molar-refractivity contribution in [3.8, 4) is 0 Å². The van der Waals surface area contributed by atoms with Crippen molar-refractivity contribution in [3.63, 3.8) is 0 Å². The highest BCUT2D eigenvalue weighted by atomic mass is 35.5. The number of benzene rings is 3. The van der Waals surface area contributed by atoms with Gasteiger partial charge >= 0.3 is 6.01 Å². The standard InChI is InChI=1S/C20H13ClN4O4/c21-12-5-10-18-17(11-12)23-20(29-18)24-19(26)15-3-1-2-4-16(15)22-13-6-8-14(9-7-13)25(27)28/h1-11,22H,(H,23,24,26). The number of anilines is 3. The first-order chi connectivity index (χ1) is 14.0. The molecule has 0 fully saturated rings. The normalized spacial score (nSPS) is 10.7. The molecule has 1 aromatic heterocycles. The number of nitrogens with one attached hydrogen (secondary N) is 2. The van der Waals surface area contributed by atoms with Crippen LogP contribution >= 0.6 is 11.6 Å². The SMILES string of the molecule is O=C(Nc1nc2cc(Cl)ccc2o1)c1ccccc1Nc1ccc([N+](=O)[O-])cc1. The Kier molecular flexibility index (Phi) is 4.84. The van der Waals surface area contributed by atoms with Crippen LogP contribution in [0.15, 0.2) is 71.1 Å². The third-order valence-corrected chi connectivity index (χ3v) is 4.33. The number of hydrogen-bond acceptors (Lipinski definition) is 6. The predicted molar refractivity (Wildman–Crippen MR) is 110 cm³/mol. The van der Waals surface area contributed by atoms with Gasteiger partial charge in [-0.05, 0) is 42.5 Å². The lowest BCUT2D eigenvalue weighted by Gasteiger charge is -2.11. The largest absolute Gasteiger partial charge is 0.423 e. The van der Waals surface area contributed by atoms with Crippen LogP contribution in [0.2, 0.25) is 5.02 Å². The molecule has 0 atom stereocenters. The highest BCUT2D eigenvalue weighted by molar-refractivity contribution is 6.31. The Hall–Kier alpha value is -3.91. The number of carbonyl (C=O) groups excluding carboxylic acids is 1. The molecule has 0 saturated heterocycles. The molecule has 0 aliphatic carbocycles. The molecule has 144 valence electrons. The van der Waals surface area contributed by atoms with E-state index in [9.17, 15) is 14.9 Å². The molecule has 1 amide bonds. The third-order valence-electron chi connectivity index (χ3n) is 4.10. The molecule has 3 aromatic carbocycles.